The van der Waals surface area contributed by atoms with Crippen molar-refractivity contribution >= 4 is 5.71 Å². The molecule has 0 aliphatic carbocycles. The summed E-state index contributed by atoms with van der Waals surface area (Å²) in [5.74, 6) is 5.62. The Morgan fingerprint density at radius 2 is 2.06 bits per heavy atom. The molecular weight excluding hydrogens is 216 g/mol. The zero-order chi connectivity index (χ0) is 12.7. The predicted octanol–water partition coefficient (Wildman–Crippen LogP) is 1.51. The van der Waals surface area contributed by atoms with Gasteiger partial charge in [-0.3, -0.25) is 4.90 Å². The first kappa shape index (κ1) is 14.0. The van der Waals surface area contributed by atoms with Crippen LogP contribution < -0.4 is 0 Å². The zero-order valence-corrected chi connectivity index (χ0v) is 11.2. The van der Waals surface area contributed by atoms with Crippen LogP contribution in [0.2, 0.25) is 0 Å². The molecule has 1 heterocycles. The van der Waals surface area contributed by atoms with Crippen molar-refractivity contribution in [2.24, 2.45) is 5.16 Å². The van der Waals surface area contributed by atoms with E-state index in [1.807, 2.05) is 6.92 Å². The van der Waals surface area contributed by atoms with Gasteiger partial charge in [-0.2, -0.15) is 0 Å². The Balaban J connectivity index is 2.21. The van der Waals surface area contributed by atoms with E-state index in [1.165, 1.54) is 0 Å². The highest BCUT2D eigenvalue weighted by Crippen LogP contribution is 2.09. The van der Waals surface area contributed by atoms with Crippen LogP contribution in [0.5, 0.6) is 0 Å². The van der Waals surface area contributed by atoms with Gasteiger partial charge in [0.1, 0.15) is 12.3 Å². The molecule has 1 fully saturated rings. The van der Waals surface area contributed by atoms with Crippen molar-refractivity contribution in [3.8, 4) is 11.8 Å². The second-order valence-electron chi connectivity index (χ2n) is 4.40. The van der Waals surface area contributed by atoms with Crippen LogP contribution in [0.3, 0.4) is 0 Å². The van der Waals surface area contributed by atoms with Crippen LogP contribution in [0.4, 0.5) is 0 Å². The molecule has 0 radical (unpaired) electrons. The minimum Gasteiger partial charge on any atom is -0.394 e. The van der Waals surface area contributed by atoms with Gasteiger partial charge in [-0.15, -0.1) is 0 Å². The fourth-order valence-electron chi connectivity index (χ4n) is 1.98. The molecule has 1 aliphatic heterocycles. The van der Waals surface area contributed by atoms with E-state index in [0.29, 0.717) is 18.8 Å². The number of hydrogen-bond donors (Lipinski definition) is 0. The molecule has 4 heteroatoms. The fraction of sp³-hybridized carbons (Fsp3) is 0.769. The maximum absolute atomic E-state index is 5.66. The second kappa shape index (κ2) is 7.31. The summed E-state index contributed by atoms with van der Waals surface area (Å²) >= 11 is 0. The van der Waals surface area contributed by atoms with Gasteiger partial charge in [-0.25, -0.2) is 0 Å². The Bertz CT molecular complexity index is 307. The first-order valence-electron chi connectivity index (χ1n) is 6.09. The molecule has 0 aromatic heterocycles. The smallest absolute Gasteiger partial charge is 0.129 e. The molecule has 0 aromatic rings. The zero-order valence-electron chi connectivity index (χ0n) is 11.2. The fourth-order valence-corrected chi connectivity index (χ4v) is 1.98. The molecule has 17 heavy (non-hydrogen) atoms. The van der Waals surface area contributed by atoms with E-state index in [1.54, 1.807) is 6.92 Å². The summed E-state index contributed by atoms with van der Waals surface area (Å²) in [7, 11) is 0. The van der Waals surface area contributed by atoms with Crippen LogP contribution in [-0.4, -0.2) is 49.1 Å². The van der Waals surface area contributed by atoms with Gasteiger partial charge in [0.15, 0.2) is 0 Å². The normalized spacial score (nSPS) is 26.2. The summed E-state index contributed by atoms with van der Waals surface area (Å²) in [6.45, 7) is 11.2. The average molecular weight is 238 g/mol. The maximum Gasteiger partial charge on any atom is 0.129 e. The Labute approximate surface area is 104 Å². The number of morpholine rings is 1. The van der Waals surface area contributed by atoms with Crippen LogP contribution in [0.15, 0.2) is 5.16 Å². The molecule has 0 spiro atoms. The van der Waals surface area contributed by atoms with Crippen molar-refractivity contribution in [1.82, 2.24) is 4.90 Å². The molecule has 0 bridgehead atoms. The molecule has 0 amide bonds. The predicted molar refractivity (Wildman–Crippen MR) is 69.0 cm³/mol. The lowest BCUT2D eigenvalue weighted by Crippen LogP contribution is -2.46. The minimum atomic E-state index is 0.301. The first-order chi connectivity index (χ1) is 8.11. The van der Waals surface area contributed by atoms with Crippen LogP contribution in [0, 0.1) is 11.8 Å². The number of hydrogen-bond acceptors (Lipinski definition) is 4. The third-order valence-corrected chi connectivity index (χ3v) is 2.50. The largest absolute Gasteiger partial charge is 0.394 e. The Morgan fingerprint density at radius 3 is 2.65 bits per heavy atom. The highest BCUT2D eigenvalue weighted by Gasteiger charge is 2.21. The third-order valence-electron chi connectivity index (χ3n) is 2.50. The molecule has 96 valence electrons. The SMILES string of the molecule is CC#C/C(C)=N\OCCN1C[C@@H](C)O[C@@H](C)C1. The minimum absolute atomic E-state index is 0.301. The van der Waals surface area contributed by atoms with Crippen LogP contribution >= 0.6 is 0 Å². The molecule has 4 nitrogen and oxygen atoms in total. The molecule has 1 aliphatic rings. The van der Waals surface area contributed by atoms with Crippen LogP contribution in [-0.2, 0) is 9.57 Å². The third kappa shape index (κ3) is 5.71. The van der Waals surface area contributed by atoms with Gasteiger partial charge in [0.25, 0.3) is 0 Å². The van der Waals surface area contributed by atoms with E-state index < -0.39 is 0 Å². The number of nitrogens with zero attached hydrogens (tertiary/aromatic N) is 2. The quantitative estimate of drug-likeness (QED) is 0.322. The number of rotatable bonds is 4. The Morgan fingerprint density at radius 1 is 1.41 bits per heavy atom. The maximum atomic E-state index is 5.66. The van der Waals surface area contributed by atoms with Crippen molar-refractivity contribution in [2.45, 2.75) is 39.9 Å². The standard InChI is InChI=1S/C13H22N2O2/c1-5-6-11(2)14-16-8-7-15-9-12(3)17-13(4)10-15/h12-13H,7-10H2,1-4H3/b14-11-/t12-,13+. The average Bonchev–Trinajstić information content (AvgIpc) is 2.23. The van der Waals surface area contributed by atoms with E-state index >= 15 is 0 Å². The monoisotopic (exact) mass is 238 g/mol. The highest BCUT2D eigenvalue weighted by atomic mass is 16.6. The van der Waals surface area contributed by atoms with Crippen molar-refractivity contribution < 1.29 is 9.57 Å². The molecule has 0 unspecified atom stereocenters. The molecule has 1 saturated heterocycles. The summed E-state index contributed by atoms with van der Waals surface area (Å²) in [6, 6.07) is 0. The van der Waals surface area contributed by atoms with Gasteiger partial charge in [0, 0.05) is 19.6 Å². The van der Waals surface area contributed by atoms with Crippen molar-refractivity contribution in [3.05, 3.63) is 0 Å². The summed E-state index contributed by atoms with van der Waals surface area (Å²) in [5.41, 5.74) is 0.719. The molecule has 2 atom stereocenters. The van der Waals surface area contributed by atoms with Crippen LogP contribution in [0.1, 0.15) is 27.7 Å². The van der Waals surface area contributed by atoms with Crippen molar-refractivity contribution in [1.29, 1.82) is 0 Å². The van der Waals surface area contributed by atoms with Gasteiger partial charge >= 0.3 is 0 Å². The lowest BCUT2D eigenvalue weighted by atomic mass is 10.2. The van der Waals surface area contributed by atoms with Gasteiger partial charge in [0.05, 0.1) is 12.2 Å². The van der Waals surface area contributed by atoms with E-state index in [9.17, 15) is 0 Å². The van der Waals surface area contributed by atoms with Crippen LogP contribution in [0.25, 0.3) is 0 Å². The first-order valence-corrected chi connectivity index (χ1v) is 6.09. The van der Waals surface area contributed by atoms with Gasteiger partial charge in [-0.1, -0.05) is 11.1 Å². The second-order valence-corrected chi connectivity index (χ2v) is 4.40. The Hall–Kier alpha value is -1.05. The van der Waals surface area contributed by atoms with Crippen molar-refractivity contribution in [3.63, 3.8) is 0 Å². The van der Waals surface area contributed by atoms with Gasteiger partial charge in [0.2, 0.25) is 0 Å². The highest BCUT2D eigenvalue weighted by molar-refractivity contribution is 5.97. The van der Waals surface area contributed by atoms with E-state index in [-0.39, 0.29) is 0 Å². The van der Waals surface area contributed by atoms with E-state index in [2.05, 4.69) is 35.7 Å². The summed E-state index contributed by atoms with van der Waals surface area (Å²) < 4.78 is 5.66. The Kier molecular flexibility index (Phi) is 6.03. The topological polar surface area (TPSA) is 34.1 Å². The summed E-state index contributed by atoms with van der Waals surface area (Å²) in [4.78, 5) is 7.57. The molecule has 1 rings (SSSR count). The van der Waals surface area contributed by atoms with Gasteiger partial charge in [-0.05, 0) is 33.6 Å². The molecule has 0 saturated carbocycles. The molecule has 0 aromatic carbocycles. The summed E-state index contributed by atoms with van der Waals surface area (Å²) in [5, 5.41) is 3.92. The van der Waals surface area contributed by atoms with Crippen molar-refractivity contribution in [2.75, 3.05) is 26.2 Å². The number of oxime groups is 1. The van der Waals surface area contributed by atoms with E-state index in [0.717, 1.165) is 25.3 Å². The summed E-state index contributed by atoms with van der Waals surface area (Å²) in [6.07, 6.45) is 0.602. The molecule has 0 N–H and O–H groups in total. The lowest BCUT2D eigenvalue weighted by molar-refractivity contribution is -0.0729. The van der Waals surface area contributed by atoms with Gasteiger partial charge < -0.3 is 9.57 Å². The number of ether oxygens (including phenoxy) is 1. The molecular formula is C13H22N2O2. The van der Waals surface area contributed by atoms with E-state index in [4.69, 9.17) is 9.57 Å². The lowest BCUT2D eigenvalue weighted by Gasteiger charge is -2.34.